The Morgan fingerprint density at radius 3 is 1.14 bits per heavy atom. The molecule has 0 rings (SSSR count). The number of phosphoric acid groups is 1. The standard InChI is InChI=1S/In.H3N.H3O4P/c;;1-5(2,3)4/h;1H3;(H3,1,2,3,4)/p-2. The van der Waals surface area contributed by atoms with E-state index >= 15 is 0 Å². The van der Waals surface area contributed by atoms with Crippen molar-refractivity contribution < 1.29 is 19.2 Å². The Hall–Kier alpha value is 0.940. The van der Waals surface area contributed by atoms with Gasteiger partial charge in [0.25, 0.3) is 0 Å². The molecule has 0 unspecified atom stereocenters. The molecule has 0 fully saturated rings. The van der Waals surface area contributed by atoms with E-state index in [0.717, 1.165) is 0 Å². The van der Waals surface area contributed by atoms with Crippen LogP contribution in [-0.2, 0) is 4.57 Å². The molecule has 0 aromatic rings. The van der Waals surface area contributed by atoms with Gasteiger partial charge in [0.15, 0.2) is 0 Å². The molecule has 0 aromatic heterocycles. The van der Waals surface area contributed by atoms with Crippen molar-refractivity contribution in [1.82, 2.24) is 6.15 Å². The summed E-state index contributed by atoms with van der Waals surface area (Å²) in [5, 5.41) is 0. The maximum absolute atomic E-state index is 8.55. The van der Waals surface area contributed by atoms with Crippen LogP contribution in [0, 0.1) is 0 Å². The van der Waals surface area contributed by atoms with E-state index in [2.05, 4.69) is 0 Å². The first-order chi connectivity index (χ1) is 2.00. The van der Waals surface area contributed by atoms with Crippen LogP contribution in [0.4, 0.5) is 0 Å². The van der Waals surface area contributed by atoms with Crippen molar-refractivity contribution in [3.63, 3.8) is 0 Å². The van der Waals surface area contributed by atoms with Gasteiger partial charge in [-0.05, 0) is 0 Å². The Kier molecular flexibility index (Phi) is 11.4. The minimum Gasteiger partial charge on any atom is -0.822 e. The van der Waals surface area contributed by atoms with Gasteiger partial charge >= 0.3 is 0 Å². The first kappa shape index (κ1) is 15.7. The minimum atomic E-state index is -5.39. The normalized spacial score (nSPS) is 8.43. The Balaban J connectivity index is -0.0000000800. The summed E-state index contributed by atoms with van der Waals surface area (Å²) in [4.78, 5) is 25.6. The van der Waals surface area contributed by atoms with Gasteiger partial charge in [-0.25, -0.2) is 0 Å². The zero-order valence-electron chi connectivity index (χ0n) is 3.66. The van der Waals surface area contributed by atoms with E-state index in [1.54, 1.807) is 0 Å². The van der Waals surface area contributed by atoms with Gasteiger partial charge in [0, 0.05) is 25.8 Å². The Morgan fingerprint density at radius 2 is 1.14 bits per heavy atom. The van der Waals surface area contributed by atoms with Crippen LogP contribution in [0.15, 0.2) is 0 Å². The molecule has 7 heavy (non-hydrogen) atoms. The number of hydrogen-bond donors (Lipinski definition) is 1. The van der Waals surface area contributed by atoms with Crippen molar-refractivity contribution in [2.45, 2.75) is 0 Å². The summed E-state index contributed by atoms with van der Waals surface area (Å²) in [5.74, 6) is 0. The number of quaternary nitrogens is 1. The monoisotopic (exact) mass is 228 g/mol. The minimum absolute atomic E-state index is 0. The van der Waals surface area contributed by atoms with E-state index in [9.17, 15) is 0 Å². The van der Waals surface area contributed by atoms with Crippen LogP contribution in [0.2, 0.25) is 0 Å². The molecule has 0 heterocycles. The molecule has 4 N–H and O–H groups in total. The van der Waals surface area contributed by atoms with Crippen LogP contribution in [-0.4, -0.2) is 25.8 Å². The van der Waals surface area contributed by atoms with Crippen molar-refractivity contribution in [2.75, 3.05) is 0 Å². The quantitative estimate of drug-likeness (QED) is 0.448. The van der Waals surface area contributed by atoms with E-state index in [1.807, 2.05) is 0 Å². The fraction of sp³-hybridized carbons (Fsp3) is 0. The third kappa shape index (κ3) is 192. The average molecular weight is 228 g/mol. The maximum Gasteiger partial charge on any atom is 0 e. The smallest absolute Gasteiger partial charge is 0 e. The van der Waals surface area contributed by atoms with E-state index in [4.69, 9.17) is 19.2 Å². The topological polar surface area (TPSA) is 123 Å². The van der Waals surface area contributed by atoms with Crippen LogP contribution in [0.3, 0.4) is 0 Å². The van der Waals surface area contributed by atoms with E-state index < -0.39 is 7.82 Å². The summed E-state index contributed by atoms with van der Waals surface area (Å²) >= 11 is 0. The van der Waals surface area contributed by atoms with E-state index in [1.165, 1.54) is 0 Å². The summed E-state index contributed by atoms with van der Waals surface area (Å²) in [6.07, 6.45) is 0. The first-order valence-electron chi connectivity index (χ1n) is 0.730. The molecule has 0 bridgehead atoms. The predicted molar refractivity (Wildman–Crippen MR) is 19.3 cm³/mol. The van der Waals surface area contributed by atoms with Gasteiger partial charge < -0.3 is 25.4 Å². The number of hydrogen-bond acceptors (Lipinski definition) is 4. The third-order valence-corrected chi connectivity index (χ3v) is 0. The molecule has 3 radical (unpaired) electrons. The Bertz CT molecular complexity index is 57.8. The SMILES string of the molecule is O=P([O-])([O-])[O-].[In].[NH4+]. The first-order valence-corrected chi connectivity index (χ1v) is 2.19. The fourth-order valence-electron chi connectivity index (χ4n) is 0. The van der Waals surface area contributed by atoms with Crippen LogP contribution >= 0.6 is 7.82 Å². The average Bonchev–Trinajstić information content (AvgIpc) is 0.722. The molecule has 0 aliphatic rings. The molecule has 7 heteroatoms. The summed E-state index contributed by atoms with van der Waals surface area (Å²) in [6.45, 7) is 0. The Morgan fingerprint density at radius 1 is 1.14 bits per heavy atom. The zero-order valence-corrected chi connectivity index (χ0v) is 7.85. The second-order valence-electron chi connectivity index (χ2n) is 0.447. The van der Waals surface area contributed by atoms with Crippen LogP contribution in [0.5, 0.6) is 0 Å². The summed E-state index contributed by atoms with van der Waals surface area (Å²) in [5.41, 5.74) is 0. The van der Waals surface area contributed by atoms with Gasteiger partial charge in [-0.15, -0.1) is 0 Å². The predicted octanol–water partition coefficient (Wildman–Crippen LogP) is -2.83. The maximum atomic E-state index is 8.55. The van der Waals surface area contributed by atoms with Gasteiger partial charge in [-0.1, -0.05) is 0 Å². The van der Waals surface area contributed by atoms with E-state index in [-0.39, 0.29) is 32.0 Å². The van der Waals surface area contributed by atoms with Crippen LogP contribution in [0.25, 0.3) is 0 Å². The molecule has 43 valence electrons. The number of rotatable bonds is 0. The van der Waals surface area contributed by atoms with Crippen LogP contribution in [0.1, 0.15) is 0 Å². The largest absolute Gasteiger partial charge is 0.822 e. The summed E-state index contributed by atoms with van der Waals surface area (Å²) < 4.78 is 8.55. The Labute approximate surface area is 59.4 Å². The van der Waals surface area contributed by atoms with Gasteiger partial charge in [0.2, 0.25) is 0 Å². The van der Waals surface area contributed by atoms with Gasteiger partial charge in [-0.3, -0.25) is 0 Å². The van der Waals surface area contributed by atoms with Crippen molar-refractivity contribution in [3.8, 4) is 0 Å². The van der Waals surface area contributed by atoms with E-state index in [0.29, 0.717) is 0 Å². The fourth-order valence-corrected chi connectivity index (χ4v) is 0. The third-order valence-electron chi connectivity index (χ3n) is 0. The second kappa shape index (κ2) is 5.08. The van der Waals surface area contributed by atoms with Crippen molar-refractivity contribution in [1.29, 1.82) is 0 Å². The molecule has 0 saturated carbocycles. The van der Waals surface area contributed by atoms with Crippen molar-refractivity contribution in [3.05, 3.63) is 0 Å². The molecule has 0 aromatic carbocycles. The molecule has 0 aliphatic carbocycles. The summed E-state index contributed by atoms with van der Waals surface area (Å²) in [7, 11) is -5.39. The molecule has 0 amide bonds. The second-order valence-corrected chi connectivity index (χ2v) is 1.34. The van der Waals surface area contributed by atoms with Crippen molar-refractivity contribution in [2.24, 2.45) is 0 Å². The molecule has 0 aliphatic heterocycles. The van der Waals surface area contributed by atoms with Crippen molar-refractivity contribution >= 4 is 33.7 Å². The molecule has 0 spiro atoms. The van der Waals surface area contributed by atoms with Crippen LogP contribution < -0.4 is 20.8 Å². The molecule has 5 nitrogen and oxygen atoms in total. The molecule has 0 atom stereocenters. The molecular weight excluding hydrogens is 224 g/mol. The van der Waals surface area contributed by atoms with Gasteiger partial charge in [0.05, 0.1) is 0 Å². The van der Waals surface area contributed by atoms with Gasteiger partial charge in [0.1, 0.15) is 0 Å². The zero-order chi connectivity index (χ0) is 4.50. The molecular formula is H4InNO4P-2. The molecule has 0 saturated heterocycles. The summed E-state index contributed by atoms with van der Waals surface area (Å²) in [6, 6.07) is 0. The van der Waals surface area contributed by atoms with Gasteiger partial charge in [-0.2, -0.15) is 7.82 Å².